The number of anilines is 1. The summed E-state index contributed by atoms with van der Waals surface area (Å²) in [7, 11) is 0. The fraction of sp³-hybridized carbons (Fsp3) is 0.615. The second kappa shape index (κ2) is 4.79. The van der Waals surface area contributed by atoms with Crippen molar-refractivity contribution in [2.24, 2.45) is 0 Å². The molecule has 0 bridgehead atoms. The van der Waals surface area contributed by atoms with Gasteiger partial charge >= 0.3 is 0 Å². The average Bonchev–Trinajstić information content (AvgIpc) is 2.83. The smallest absolute Gasteiger partial charge is 0.171 e. The molecule has 0 aliphatic carbocycles. The second-order valence-electron chi connectivity index (χ2n) is 4.86. The first-order valence-electron chi connectivity index (χ1n) is 6.34. The number of hydrogen-bond donors (Lipinski definition) is 0. The molecule has 2 aliphatic heterocycles. The lowest BCUT2D eigenvalue weighted by atomic mass is 10.0. The van der Waals surface area contributed by atoms with Crippen molar-refractivity contribution >= 4 is 21.7 Å². The van der Waals surface area contributed by atoms with Gasteiger partial charge < -0.3 is 14.4 Å². The quantitative estimate of drug-likeness (QED) is 0.798. The summed E-state index contributed by atoms with van der Waals surface area (Å²) in [4.78, 5) is 6.77. The third-order valence-electron chi connectivity index (χ3n) is 3.70. The molecule has 2 fully saturated rings. The Kier molecular flexibility index (Phi) is 3.30. The van der Waals surface area contributed by atoms with E-state index in [0.717, 1.165) is 49.4 Å². The Hall–Kier alpha value is -0.650. The molecular weight excluding hydrogens is 296 g/mol. The molecule has 98 valence electrons. The summed E-state index contributed by atoms with van der Waals surface area (Å²) in [5, 5.41) is 0. The van der Waals surface area contributed by atoms with Crippen LogP contribution >= 0.6 is 15.9 Å². The van der Waals surface area contributed by atoms with Crippen LogP contribution in [0.4, 0.5) is 5.82 Å². The predicted octanol–water partition coefficient (Wildman–Crippen LogP) is 2.50. The van der Waals surface area contributed by atoms with E-state index >= 15 is 0 Å². The second-order valence-corrected chi connectivity index (χ2v) is 5.65. The molecule has 5 heteroatoms. The van der Waals surface area contributed by atoms with E-state index in [1.165, 1.54) is 5.56 Å². The number of hydrogen-bond acceptors (Lipinski definition) is 4. The maximum absolute atomic E-state index is 5.74. The van der Waals surface area contributed by atoms with E-state index < -0.39 is 0 Å². The van der Waals surface area contributed by atoms with Crippen molar-refractivity contribution < 1.29 is 9.47 Å². The van der Waals surface area contributed by atoms with Gasteiger partial charge in [0.15, 0.2) is 5.79 Å². The summed E-state index contributed by atoms with van der Waals surface area (Å²) in [6.45, 7) is 5.40. The zero-order chi connectivity index (χ0) is 12.6. The highest BCUT2D eigenvalue weighted by atomic mass is 79.9. The highest BCUT2D eigenvalue weighted by Gasteiger charge is 2.40. The molecule has 0 radical (unpaired) electrons. The molecule has 18 heavy (non-hydrogen) atoms. The molecule has 4 nitrogen and oxygen atoms in total. The maximum Gasteiger partial charge on any atom is 0.171 e. The van der Waals surface area contributed by atoms with Crippen LogP contribution in [0.25, 0.3) is 0 Å². The summed E-state index contributed by atoms with van der Waals surface area (Å²) < 4.78 is 12.6. The zero-order valence-electron chi connectivity index (χ0n) is 10.5. The summed E-state index contributed by atoms with van der Waals surface area (Å²) in [5.41, 5.74) is 1.22. The number of aryl methyl sites for hydroxylation is 1. The van der Waals surface area contributed by atoms with Gasteiger partial charge in [0.1, 0.15) is 5.82 Å². The number of rotatable bonds is 1. The zero-order valence-corrected chi connectivity index (χ0v) is 12.1. The molecule has 2 aliphatic rings. The van der Waals surface area contributed by atoms with Gasteiger partial charge in [0.25, 0.3) is 0 Å². The molecule has 3 heterocycles. The van der Waals surface area contributed by atoms with Crippen LogP contribution in [-0.4, -0.2) is 37.1 Å². The van der Waals surface area contributed by atoms with E-state index in [0.29, 0.717) is 0 Å². The van der Waals surface area contributed by atoms with Gasteiger partial charge in [-0.25, -0.2) is 4.98 Å². The fourth-order valence-electron chi connectivity index (χ4n) is 2.59. The van der Waals surface area contributed by atoms with E-state index in [9.17, 15) is 0 Å². The van der Waals surface area contributed by atoms with E-state index in [4.69, 9.17) is 9.47 Å². The van der Waals surface area contributed by atoms with Crippen LogP contribution in [0.3, 0.4) is 0 Å². The average molecular weight is 313 g/mol. The van der Waals surface area contributed by atoms with Crippen molar-refractivity contribution in [3.05, 3.63) is 22.3 Å². The molecule has 0 aromatic carbocycles. The minimum atomic E-state index is -0.313. The number of piperidine rings is 1. The molecular formula is C13H17BrN2O2. The molecule has 0 atom stereocenters. The van der Waals surface area contributed by atoms with Crippen molar-refractivity contribution in [2.75, 3.05) is 31.2 Å². The van der Waals surface area contributed by atoms with Gasteiger partial charge in [0.2, 0.25) is 0 Å². The Morgan fingerprint density at radius 1 is 1.28 bits per heavy atom. The van der Waals surface area contributed by atoms with E-state index in [1.807, 2.05) is 12.3 Å². The highest BCUT2D eigenvalue weighted by molar-refractivity contribution is 9.10. The molecule has 3 rings (SSSR count). The van der Waals surface area contributed by atoms with E-state index in [1.54, 1.807) is 0 Å². The van der Waals surface area contributed by atoms with Crippen LogP contribution in [0.5, 0.6) is 0 Å². The first-order chi connectivity index (χ1) is 8.70. The number of pyridine rings is 1. The van der Waals surface area contributed by atoms with E-state index in [-0.39, 0.29) is 5.79 Å². The molecule has 0 unspecified atom stereocenters. The van der Waals surface area contributed by atoms with Gasteiger partial charge in [-0.1, -0.05) is 0 Å². The van der Waals surface area contributed by atoms with Gasteiger partial charge in [-0.2, -0.15) is 0 Å². The largest absolute Gasteiger partial charge is 0.355 e. The number of aromatic nitrogens is 1. The molecule has 1 aromatic rings. The summed E-state index contributed by atoms with van der Waals surface area (Å²) in [6.07, 6.45) is 3.69. The third-order valence-corrected chi connectivity index (χ3v) is 4.68. The minimum Gasteiger partial charge on any atom is -0.355 e. The van der Waals surface area contributed by atoms with Crippen molar-refractivity contribution in [3.63, 3.8) is 0 Å². The van der Waals surface area contributed by atoms with Crippen molar-refractivity contribution in [1.29, 1.82) is 0 Å². The fourth-order valence-corrected chi connectivity index (χ4v) is 3.08. The number of nitrogens with zero attached hydrogens (tertiary/aromatic N) is 2. The lowest BCUT2D eigenvalue weighted by Crippen LogP contribution is -2.45. The van der Waals surface area contributed by atoms with Gasteiger partial charge in [-0.3, -0.25) is 0 Å². The Morgan fingerprint density at radius 2 is 1.94 bits per heavy atom. The molecule has 1 aromatic heterocycles. The molecule has 0 amide bonds. The van der Waals surface area contributed by atoms with Crippen LogP contribution in [0.2, 0.25) is 0 Å². The topological polar surface area (TPSA) is 34.6 Å². The van der Waals surface area contributed by atoms with Crippen LogP contribution < -0.4 is 4.90 Å². The van der Waals surface area contributed by atoms with E-state index in [2.05, 4.69) is 32.7 Å². The Morgan fingerprint density at radius 3 is 2.61 bits per heavy atom. The first-order valence-corrected chi connectivity index (χ1v) is 7.13. The normalized spacial score (nSPS) is 22.7. The Labute approximate surface area is 115 Å². The van der Waals surface area contributed by atoms with Gasteiger partial charge in [0, 0.05) is 32.1 Å². The summed E-state index contributed by atoms with van der Waals surface area (Å²) in [5.74, 6) is 0.718. The molecule has 1 spiro atoms. The van der Waals surface area contributed by atoms with Gasteiger partial charge in [0.05, 0.1) is 17.7 Å². The first kappa shape index (κ1) is 12.4. The molecule has 0 saturated carbocycles. The Bertz CT molecular complexity index is 437. The molecule has 2 saturated heterocycles. The van der Waals surface area contributed by atoms with Gasteiger partial charge in [-0.05, 0) is 34.5 Å². The highest BCUT2D eigenvalue weighted by Crippen LogP contribution is 2.35. The number of halogens is 1. The van der Waals surface area contributed by atoms with Crippen molar-refractivity contribution in [3.8, 4) is 0 Å². The van der Waals surface area contributed by atoms with Crippen LogP contribution in [0.1, 0.15) is 18.4 Å². The van der Waals surface area contributed by atoms with Crippen molar-refractivity contribution in [1.82, 2.24) is 4.98 Å². The maximum atomic E-state index is 5.74. The monoisotopic (exact) mass is 312 g/mol. The summed E-state index contributed by atoms with van der Waals surface area (Å²) >= 11 is 3.62. The summed E-state index contributed by atoms with van der Waals surface area (Å²) in [6, 6.07) is 2.02. The van der Waals surface area contributed by atoms with Crippen LogP contribution in [-0.2, 0) is 9.47 Å². The lowest BCUT2D eigenvalue weighted by Gasteiger charge is -2.38. The lowest BCUT2D eigenvalue weighted by molar-refractivity contribution is -0.169. The third kappa shape index (κ3) is 2.15. The van der Waals surface area contributed by atoms with Crippen LogP contribution in [0, 0.1) is 6.92 Å². The standard InChI is InChI=1S/C13H17BrN2O2/c1-10-2-5-15-12(11(10)14)16-6-3-13(4-7-16)17-8-9-18-13/h2,5H,3-4,6-9H2,1H3. The SMILES string of the molecule is Cc1ccnc(N2CCC3(CC2)OCCO3)c1Br. The number of ether oxygens (including phenoxy) is 2. The molecule has 0 N–H and O–H groups in total. The van der Waals surface area contributed by atoms with Crippen LogP contribution in [0.15, 0.2) is 16.7 Å². The Balaban J connectivity index is 1.74. The van der Waals surface area contributed by atoms with Gasteiger partial charge in [-0.15, -0.1) is 0 Å². The minimum absolute atomic E-state index is 0.313. The van der Waals surface area contributed by atoms with Crippen molar-refractivity contribution in [2.45, 2.75) is 25.6 Å². The predicted molar refractivity (Wildman–Crippen MR) is 72.8 cm³/mol.